The molecule has 2 rings (SSSR count). The third-order valence-corrected chi connectivity index (χ3v) is 3.10. The van der Waals surface area contributed by atoms with Gasteiger partial charge in [-0.05, 0) is 24.3 Å². The fourth-order valence-corrected chi connectivity index (χ4v) is 1.91. The highest BCUT2D eigenvalue weighted by Crippen LogP contribution is 2.22. The smallest absolute Gasteiger partial charge is 0.270 e. The van der Waals surface area contributed by atoms with E-state index >= 15 is 0 Å². The second-order valence-corrected chi connectivity index (χ2v) is 4.54. The lowest BCUT2D eigenvalue weighted by Crippen LogP contribution is -2.27. The number of nitrogens with zero attached hydrogens (tertiary/aromatic N) is 2. The molecule has 1 N–H and O–H groups in total. The van der Waals surface area contributed by atoms with Gasteiger partial charge in [0.05, 0.1) is 6.61 Å². The quantitative estimate of drug-likeness (QED) is 0.827. The average Bonchev–Trinajstić information content (AvgIpc) is 2.55. The monoisotopic (exact) mass is 285 g/mol. The van der Waals surface area contributed by atoms with Gasteiger partial charge in [-0.2, -0.15) is 0 Å². The summed E-state index contributed by atoms with van der Waals surface area (Å²) in [5, 5.41) is 2.76. The van der Waals surface area contributed by atoms with Gasteiger partial charge in [-0.25, -0.2) is 0 Å². The number of benzene rings is 1. The van der Waals surface area contributed by atoms with Crippen molar-refractivity contribution in [2.24, 2.45) is 0 Å². The number of pyridine rings is 1. The van der Waals surface area contributed by atoms with E-state index in [4.69, 9.17) is 4.74 Å². The van der Waals surface area contributed by atoms with Crippen LogP contribution in [0.4, 0.5) is 11.4 Å². The molecule has 5 heteroatoms. The maximum atomic E-state index is 12.0. The number of rotatable bonds is 6. The molecule has 0 aliphatic carbocycles. The molecule has 110 valence electrons. The number of carbonyl (C=O) groups is 1. The molecule has 0 radical (unpaired) electrons. The second kappa shape index (κ2) is 7.40. The van der Waals surface area contributed by atoms with E-state index in [0.29, 0.717) is 18.8 Å². The molecule has 21 heavy (non-hydrogen) atoms. The molecule has 1 aromatic carbocycles. The lowest BCUT2D eigenvalue weighted by Gasteiger charge is -2.19. The zero-order valence-electron chi connectivity index (χ0n) is 12.2. The zero-order valence-corrected chi connectivity index (χ0v) is 12.2. The van der Waals surface area contributed by atoms with Gasteiger partial charge in [0.15, 0.2) is 0 Å². The van der Waals surface area contributed by atoms with Crippen LogP contribution in [0.1, 0.15) is 10.5 Å². The number of anilines is 2. The van der Waals surface area contributed by atoms with Gasteiger partial charge in [-0.3, -0.25) is 9.78 Å². The molecule has 0 aliphatic heterocycles. The molecule has 0 spiro atoms. The summed E-state index contributed by atoms with van der Waals surface area (Å²) in [5.74, 6) is -0.199. The van der Waals surface area contributed by atoms with Gasteiger partial charge in [-0.1, -0.05) is 18.2 Å². The molecule has 1 amide bonds. The van der Waals surface area contributed by atoms with Crippen LogP contribution in [0.15, 0.2) is 48.7 Å². The number of amides is 1. The first kappa shape index (κ1) is 15.0. The fraction of sp³-hybridized carbons (Fsp3) is 0.250. The highest BCUT2D eigenvalue weighted by atomic mass is 16.5. The van der Waals surface area contributed by atoms with E-state index in [-0.39, 0.29) is 5.91 Å². The van der Waals surface area contributed by atoms with Gasteiger partial charge < -0.3 is 15.0 Å². The molecule has 2 aromatic rings. The predicted octanol–water partition coefficient (Wildman–Crippen LogP) is 2.23. The number of ether oxygens (including phenoxy) is 1. The molecule has 0 atom stereocenters. The van der Waals surface area contributed by atoms with Gasteiger partial charge >= 0.3 is 0 Å². The van der Waals surface area contributed by atoms with E-state index in [1.807, 2.05) is 48.3 Å². The Balaban J connectivity index is 2.12. The first-order valence-corrected chi connectivity index (χ1v) is 6.74. The minimum Gasteiger partial charge on any atom is -0.383 e. The number of aromatic nitrogens is 1. The van der Waals surface area contributed by atoms with Crippen molar-refractivity contribution in [2.45, 2.75) is 0 Å². The Morgan fingerprint density at radius 3 is 2.71 bits per heavy atom. The van der Waals surface area contributed by atoms with Crippen LogP contribution in [0, 0.1) is 0 Å². The Bertz CT molecular complexity index is 587. The third kappa shape index (κ3) is 4.03. The number of hydrogen-bond acceptors (Lipinski definition) is 4. The number of methoxy groups -OCH3 is 1. The van der Waals surface area contributed by atoms with E-state index in [1.54, 1.807) is 19.4 Å². The summed E-state index contributed by atoms with van der Waals surface area (Å²) in [5.41, 5.74) is 2.36. The zero-order chi connectivity index (χ0) is 15.1. The maximum Gasteiger partial charge on any atom is 0.270 e. The summed E-state index contributed by atoms with van der Waals surface area (Å²) in [4.78, 5) is 18.1. The van der Waals surface area contributed by atoms with Crippen LogP contribution in [0.3, 0.4) is 0 Å². The Hall–Kier alpha value is -2.40. The normalized spacial score (nSPS) is 10.2. The minimum atomic E-state index is -0.199. The summed E-state index contributed by atoms with van der Waals surface area (Å²) < 4.78 is 4.90. The Labute approximate surface area is 124 Å². The van der Waals surface area contributed by atoms with E-state index in [1.165, 1.54) is 0 Å². The number of carbonyl (C=O) groups excluding carboxylic acids is 1. The van der Waals surface area contributed by atoms with E-state index in [0.717, 1.165) is 11.4 Å². The van der Waals surface area contributed by atoms with Crippen LogP contribution in [-0.4, -0.2) is 38.2 Å². The lowest BCUT2D eigenvalue weighted by molar-refractivity contribution is 0.0932. The number of hydrogen-bond donors (Lipinski definition) is 1. The molecule has 0 fully saturated rings. The van der Waals surface area contributed by atoms with Crippen LogP contribution in [0.2, 0.25) is 0 Å². The SMILES string of the molecule is COCCNC(=O)c1cc(N(C)c2ccccc2)ccn1. The predicted molar refractivity (Wildman–Crippen MR) is 83.0 cm³/mol. The molecule has 5 nitrogen and oxygen atoms in total. The van der Waals surface area contributed by atoms with Crippen molar-refractivity contribution in [3.63, 3.8) is 0 Å². The summed E-state index contributed by atoms with van der Waals surface area (Å²) in [6, 6.07) is 13.6. The molecule has 1 aromatic heterocycles. The molecular formula is C16H19N3O2. The van der Waals surface area contributed by atoms with Crippen LogP contribution in [-0.2, 0) is 4.74 Å². The molecule has 0 unspecified atom stereocenters. The summed E-state index contributed by atoms with van der Waals surface area (Å²) in [7, 11) is 3.55. The molecule has 1 heterocycles. The largest absolute Gasteiger partial charge is 0.383 e. The van der Waals surface area contributed by atoms with Gasteiger partial charge in [-0.15, -0.1) is 0 Å². The van der Waals surface area contributed by atoms with Crippen molar-refractivity contribution >= 4 is 17.3 Å². The first-order valence-electron chi connectivity index (χ1n) is 6.74. The van der Waals surface area contributed by atoms with E-state index in [2.05, 4.69) is 10.3 Å². The van der Waals surface area contributed by atoms with Crippen molar-refractivity contribution < 1.29 is 9.53 Å². The Kier molecular flexibility index (Phi) is 5.29. The van der Waals surface area contributed by atoms with Gasteiger partial charge in [0, 0.05) is 38.3 Å². The second-order valence-electron chi connectivity index (χ2n) is 4.54. The number of nitrogens with one attached hydrogen (secondary N) is 1. The number of para-hydroxylation sites is 1. The van der Waals surface area contributed by atoms with Crippen LogP contribution >= 0.6 is 0 Å². The Morgan fingerprint density at radius 2 is 2.00 bits per heavy atom. The third-order valence-electron chi connectivity index (χ3n) is 3.10. The van der Waals surface area contributed by atoms with E-state index in [9.17, 15) is 4.79 Å². The van der Waals surface area contributed by atoms with Crippen molar-refractivity contribution in [1.29, 1.82) is 0 Å². The van der Waals surface area contributed by atoms with Crippen molar-refractivity contribution in [1.82, 2.24) is 10.3 Å². The molecular weight excluding hydrogens is 266 g/mol. The van der Waals surface area contributed by atoms with Gasteiger partial charge in [0.25, 0.3) is 5.91 Å². The molecule has 0 aliphatic rings. The van der Waals surface area contributed by atoms with Gasteiger partial charge in [0.1, 0.15) is 5.69 Å². The lowest BCUT2D eigenvalue weighted by atomic mass is 10.2. The highest BCUT2D eigenvalue weighted by Gasteiger charge is 2.10. The topological polar surface area (TPSA) is 54.5 Å². The Morgan fingerprint density at radius 1 is 1.24 bits per heavy atom. The van der Waals surface area contributed by atoms with Crippen molar-refractivity contribution in [3.8, 4) is 0 Å². The van der Waals surface area contributed by atoms with E-state index < -0.39 is 0 Å². The van der Waals surface area contributed by atoms with Crippen molar-refractivity contribution in [2.75, 3.05) is 32.2 Å². The molecule has 0 saturated heterocycles. The first-order chi connectivity index (χ1) is 10.2. The minimum absolute atomic E-state index is 0.199. The molecule has 0 bridgehead atoms. The fourth-order valence-electron chi connectivity index (χ4n) is 1.91. The average molecular weight is 285 g/mol. The summed E-state index contributed by atoms with van der Waals surface area (Å²) >= 11 is 0. The standard InChI is InChI=1S/C16H19N3O2/c1-19(13-6-4-3-5-7-13)14-8-9-17-15(12-14)16(20)18-10-11-21-2/h3-9,12H,10-11H2,1-2H3,(H,18,20). The van der Waals surface area contributed by atoms with Gasteiger partial charge in [0.2, 0.25) is 0 Å². The van der Waals surface area contributed by atoms with Crippen LogP contribution in [0.25, 0.3) is 0 Å². The van der Waals surface area contributed by atoms with Crippen molar-refractivity contribution in [3.05, 3.63) is 54.4 Å². The van der Waals surface area contributed by atoms with Crippen LogP contribution < -0.4 is 10.2 Å². The highest BCUT2D eigenvalue weighted by molar-refractivity contribution is 5.93. The molecule has 0 saturated carbocycles. The van der Waals surface area contributed by atoms with Crippen LogP contribution in [0.5, 0.6) is 0 Å². The summed E-state index contributed by atoms with van der Waals surface area (Å²) in [6.45, 7) is 0.950. The summed E-state index contributed by atoms with van der Waals surface area (Å²) in [6.07, 6.45) is 1.64. The maximum absolute atomic E-state index is 12.0.